The summed E-state index contributed by atoms with van der Waals surface area (Å²) >= 11 is 5.77. The lowest BCUT2D eigenvalue weighted by Crippen LogP contribution is -1.71. The maximum atomic E-state index is 5.77. The molecule has 0 aliphatic heterocycles. The lowest BCUT2D eigenvalue weighted by molar-refractivity contribution is 0.816. The molecule has 13 heavy (non-hydrogen) atoms. The summed E-state index contributed by atoms with van der Waals surface area (Å²) in [6.45, 7) is 2.20. The second-order valence-electron chi connectivity index (χ2n) is 3.10. The van der Waals surface area contributed by atoms with E-state index in [-0.39, 0.29) is 0 Å². The summed E-state index contributed by atoms with van der Waals surface area (Å²) in [4.78, 5) is 0. The van der Waals surface area contributed by atoms with E-state index in [1.165, 1.54) is 24.8 Å². The third kappa shape index (κ3) is 4.14. The molecule has 0 nitrogen and oxygen atoms in total. The standard InChI is InChI=1S/C12H15Cl/c1-2-3-4-5-6-11-7-9-12(13)10-8-11/h5-10H,2-4H2,1H3. The van der Waals surface area contributed by atoms with Gasteiger partial charge in [0, 0.05) is 5.02 Å². The highest BCUT2D eigenvalue weighted by atomic mass is 35.5. The van der Waals surface area contributed by atoms with Crippen molar-refractivity contribution in [3.8, 4) is 0 Å². The summed E-state index contributed by atoms with van der Waals surface area (Å²) in [5.74, 6) is 0. The SMILES string of the molecule is CCCCC=Cc1ccc(Cl)cc1. The molecule has 0 unspecified atom stereocenters. The zero-order valence-corrected chi connectivity index (χ0v) is 8.72. The van der Waals surface area contributed by atoms with Gasteiger partial charge in [0.05, 0.1) is 0 Å². The van der Waals surface area contributed by atoms with Crippen LogP contribution in [0.15, 0.2) is 30.3 Å². The molecule has 0 N–H and O–H groups in total. The van der Waals surface area contributed by atoms with Gasteiger partial charge in [0.1, 0.15) is 0 Å². The average Bonchev–Trinajstić information content (AvgIpc) is 2.15. The Balaban J connectivity index is 2.44. The number of hydrogen-bond acceptors (Lipinski definition) is 0. The summed E-state index contributed by atoms with van der Waals surface area (Å²) in [5, 5.41) is 0.797. The fourth-order valence-corrected chi connectivity index (χ4v) is 1.24. The van der Waals surface area contributed by atoms with Gasteiger partial charge in [0.25, 0.3) is 0 Å². The Labute approximate surface area is 85.2 Å². The summed E-state index contributed by atoms with van der Waals surface area (Å²) in [6, 6.07) is 7.90. The highest BCUT2D eigenvalue weighted by Crippen LogP contribution is 2.11. The van der Waals surface area contributed by atoms with Crippen LogP contribution in [0, 0.1) is 0 Å². The van der Waals surface area contributed by atoms with E-state index in [0.717, 1.165) is 5.02 Å². The quantitative estimate of drug-likeness (QED) is 0.618. The van der Waals surface area contributed by atoms with Crippen molar-refractivity contribution in [2.75, 3.05) is 0 Å². The maximum absolute atomic E-state index is 5.77. The zero-order valence-electron chi connectivity index (χ0n) is 7.96. The van der Waals surface area contributed by atoms with Crippen LogP contribution >= 0.6 is 11.6 Å². The van der Waals surface area contributed by atoms with Crippen LogP contribution < -0.4 is 0 Å². The second-order valence-corrected chi connectivity index (χ2v) is 3.53. The Morgan fingerprint density at radius 3 is 2.54 bits per heavy atom. The van der Waals surface area contributed by atoms with Crippen molar-refractivity contribution in [3.63, 3.8) is 0 Å². The molecule has 1 heteroatoms. The number of unbranched alkanes of at least 4 members (excludes halogenated alkanes) is 2. The molecule has 0 saturated carbocycles. The monoisotopic (exact) mass is 194 g/mol. The molecule has 0 heterocycles. The third-order valence-corrected chi connectivity index (χ3v) is 2.16. The van der Waals surface area contributed by atoms with Crippen LogP contribution in [0.3, 0.4) is 0 Å². The van der Waals surface area contributed by atoms with E-state index in [1.54, 1.807) is 0 Å². The molecule has 0 amide bonds. The van der Waals surface area contributed by atoms with E-state index in [2.05, 4.69) is 19.1 Å². The lowest BCUT2D eigenvalue weighted by Gasteiger charge is -1.93. The molecule has 0 aliphatic carbocycles. The molecule has 70 valence electrons. The van der Waals surface area contributed by atoms with Crippen LogP contribution in [0.25, 0.3) is 6.08 Å². The fraction of sp³-hybridized carbons (Fsp3) is 0.333. The van der Waals surface area contributed by atoms with Crippen molar-refractivity contribution in [1.29, 1.82) is 0 Å². The number of rotatable bonds is 4. The van der Waals surface area contributed by atoms with Gasteiger partial charge in [-0.25, -0.2) is 0 Å². The van der Waals surface area contributed by atoms with Crippen molar-refractivity contribution >= 4 is 17.7 Å². The predicted octanol–water partition coefficient (Wildman–Crippen LogP) is 4.54. The van der Waals surface area contributed by atoms with Crippen molar-refractivity contribution < 1.29 is 0 Å². The minimum atomic E-state index is 0.797. The van der Waals surface area contributed by atoms with Gasteiger partial charge >= 0.3 is 0 Å². The van der Waals surface area contributed by atoms with Gasteiger partial charge in [-0.15, -0.1) is 0 Å². The maximum Gasteiger partial charge on any atom is 0.0406 e. The molecule has 0 aromatic heterocycles. The molecule has 0 spiro atoms. The Hall–Kier alpha value is -0.750. The van der Waals surface area contributed by atoms with Gasteiger partial charge in [0.2, 0.25) is 0 Å². The summed E-state index contributed by atoms with van der Waals surface area (Å²) in [6.07, 6.45) is 8.05. The van der Waals surface area contributed by atoms with Crippen molar-refractivity contribution in [2.24, 2.45) is 0 Å². The van der Waals surface area contributed by atoms with E-state index in [4.69, 9.17) is 11.6 Å². The highest BCUT2D eigenvalue weighted by Gasteiger charge is 1.86. The van der Waals surface area contributed by atoms with Gasteiger partial charge < -0.3 is 0 Å². The molecule has 1 aromatic carbocycles. The van der Waals surface area contributed by atoms with Gasteiger partial charge in [-0.3, -0.25) is 0 Å². The van der Waals surface area contributed by atoms with Crippen LogP contribution in [0.2, 0.25) is 5.02 Å². The smallest absolute Gasteiger partial charge is 0.0406 e. The first-order chi connectivity index (χ1) is 6.33. The van der Waals surface area contributed by atoms with E-state index in [9.17, 15) is 0 Å². The first-order valence-corrected chi connectivity index (χ1v) is 5.13. The number of benzene rings is 1. The Morgan fingerprint density at radius 2 is 1.92 bits per heavy atom. The van der Waals surface area contributed by atoms with Crippen LogP contribution in [-0.2, 0) is 0 Å². The van der Waals surface area contributed by atoms with Gasteiger partial charge in [0.15, 0.2) is 0 Å². The Bertz CT molecular complexity index is 259. The predicted molar refractivity (Wildman–Crippen MR) is 60.0 cm³/mol. The lowest BCUT2D eigenvalue weighted by atomic mass is 10.2. The van der Waals surface area contributed by atoms with Crippen molar-refractivity contribution in [3.05, 3.63) is 40.9 Å². The topological polar surface area (TPSA) is 0 Å². The molecule has 0 saturated heterocycles. The zero-order chi connectivity index (χ0) is 9.52. The van der Waals surface area contributed by atoms with Crippen LogP contribution in [0.5, 0.6) is 0 Å². The molecule has 0 fully saturated rings. The summed E-state index contributed by atoms with van der Waals surface area (Å²) in [5.41, 5.74) is 1.22. The van der Waals surface area contributed by atoms with Gasteiger partial charge in [-0.2, -0.15) is 0 Å². The molecule has 0 bridgehead atoms. The molecule has 0 atom stereocenters. The molecule has 0 radical (unpaired) electrons. The molecule has 0 aliphatic rings. The van der Waals surface area contributed by atoms with Crippen LogP contribution in [0.1, 0.15) is 31.7 Å². The Morgan fingerprint density at radius 1 is 1.23 bits per heavy atom. The van der Waals surface area contributed by atoms with E-state index in [1.807, 2.05) is 24.3 Å². The highest BCUT2D eigenvalue weighted by molar-refractivity contribution is 6.30. The largest absolute Gasteiger partial charge is 0.0843 e. The molecular formula is C12H15Cl. The Kier molecular flexibility index (Phi) is 4.63. The second kappa shape index (κ2) is 5.82. The number of hydrogen-bond donors (Lipinski definition) is 0. The first kappa shape index (κ1) is 10.3. The van der Waals surface area contributed by atoms with Crippen LogP contribution in [-0.4, -0.2) is 0 Å². The molecule has 1 aromatic rings. The first-order valence-electron chi connectivity index (χ1n) is 4.75. The van der Waals surface area contributed by atoms with Gasteiger partial charge in [-0.1, -0.05) is 55.7 Å². The average molecular weight is 195 g/mol. The van der Waals surface area contributed by atoms with Crippen molar-refractivity contribution in [2.45, 2.75) is 26.2 Å². The summed E-state index contributed by atoms with van der Waals surface area (Å²) in [7, 11) is 0. The molecular weight excluding hydrogens is 180 g/mol. The molecule has 1 rings (SSSR count). The third-order valence-electron chi connectivity index (χ3n) is 1.90. The number of halogens is 1. The summed E-state index contributed by atoms with van der Waals surface area (Å²) < 4.78 is 0. The minimum Gasteiger partial charge on any atom is -0.0843 e. The van der Waals surface area contributed by atoms with Crippen LogP contribution in [0.4, 0.5) is 0 Å². The minimum absolute atomic E-state index is 0.797. The van der Waals surface area contributed by atoms with E-state index in [0.29, 0.717) is 0 Å². The van der Waals surface area contributed by atoms with E-state index >= 15 is 0 Å². The fourth-order valence-electron chi connectivity index (χ4n) is 1.12. The van der Waals surface area contributed by atoms with Crippen molar-refractivity contribution in [1.82, 2.24) is 0 Å². The normalized spacial score (nSPS) is 10.9. The number of allylic oxidation sites excluding steroid dienone is 1. The van der Waals surface area contributed by atoms with Gasteiger partial charge in [-0.05, 0) is 24.1 Å². The van der Waals surface area contributed by atoms with E-state index < -0.39 is 0 Å².